The van der Waals surface area contributed by atoms with Gasteiger partial charge in [0, 0.05) is 23.0 Å². The maximum Gasteiger partial charge on any atom is 0.573 e. The monoisotopic (exact) mass is 246 g/mol. The van der Waals surface area contributed by atoms with Crippen LogP contribution in [0.4, 0.5) is 18.9 Å². The average Bonchev–Trinajstić information content (AvgIpc) is 2.17. The zero-order valence-corrected chi connectivity index (χ0v) is 9.43. The molecule has 0 saturated carbocycles. The number of anilines is 1. The molecule has 1 aromatic rings. The third-order valence-electron chi connectivity index (χ3n) is 2.23. The van der Waals surface area contributed by atoms with Crippen molar-refractivity contribution in [2.45, 2.75) is 26.1 Å². The molecule has 3 nitrogen and oxygen atoms in total. The predicted octanol–water partition coefficient (Wildman–Crippen LogP) is 3.29. The Bertz CT molecular complexity index is 427. The molecule has 3 N–H and O–H groups in total. The molecule has 1 aromatic carbocycles. The molecule has 0 aliphatic rings. The van der Waals surface area contributed by atoms with Crippen molar-refractivity contribution in [2.24, 2.45) is 0 Å². The normalized spacial score (nSPS) is 11.6. The summed E-state index contributed by atoms with van der Waals surface area (Å²) in [5.41, 5.74) is 6.43. The van der Waals surface area contributed by atoms with Crippen LogP contribution in [0.1, 0.15) is 30.9 Å². The highest BCUT2D eigenvalue weighted by molar-refractivity contribution is 5.88. The van der Waals surface area contributed by atoms with Gasteiger partial charge < -0.3 is 15.9 Å². The van der Waals surface area contributed by atoms with Crippen molar-refractivity contribution in [3.63, 3.8) is 0 Å². The van der Waals surface area contributed by atoms with Crippen LogP contribution in [0, 0.1) is 5.41 Å². The first-order valence-corrected chi connectivity index (χ1v) is 4.95. The van der Waals surface area contributed by atoms with Gasteiger partial charge in [0.05, 0.1) is 0 Å². The van der Waals surface area contributed by atoms with Gasteiger partial charge in [0.15, 0.2) is 0 Å². The van der Waals surface area contributed by atoms with Crippen LogP contribution in [0.15, 0.2) is 12.1 Å². The molecule has 0 fully saturated rings. The summed E-state index contributed by atoms with van der Waals surface area (Å²) in [5.74, 6) is -0.535. The molecule has 0 aromatic heterocycles. The SMILES string of the molecule is CC(C)c1c(OC(F)(F)F)ccc(N)c1C=N. The predicted molar refractivity (Wildman–Crippen MR) is 59.5 cm³/mol. The lowest BCUT2D eigenvalue weighted by atomic mass is 9.95. The number of nitrogens with one attached hydrogen (secondary N) is 1. The Morgan fingerprint density at radius 1 is 1.35 bits per heavy atom. The lowest BCUT2D eigenvalue weighted by Gasteiger charge is -2.18. The van der Waals surface area contributed by atoms with Crippen molar-refractivity contribution < 1.29 is 17.9 Å². The number of rotatable bonds is 3. The van der Waals surface area contributed by atoms with Crippen molar-refractivity contribution in [3.05, 3.63) is 23.3 Å². The van der Waals surface area contributed by atoms with Crippen LogP contribution in [0.2, 0.25) is 0 Å². The van der Waals surface area contributed by atoms with E-state index in [1.54, 1.807) is 13.8 Å². The standard InChI is InChI=1S/C11H13F3N2O/c1-6(2)10-7(5-15)8(16)3-4-9(10)17-11(12,13)14/h3-6,15H,16H2,1-2H3. The molecule has 17 heavy (non-hydrogen) atoms. The van der Waals surface area contributed by atoms with Gasteiger partial charge in [-0.1, -0.05) is 13.8 Å². The molecular formula is C11H13F3N2O. The molecule has 1 rings (SSSR count). The lowest BCUT2D eigenvalue weighted by molar-refractivity contribution is -0.274. The molecule has 0 spiro atoms. The first-order chi connectivity index (χ1) is 7.76. The Kier molecular flexibility index (Phi) is 3.65. The number of hydrogen-bond acceptors (Lipinski definition) is 3. The molecule has 94 valence electrons. The first kappa shape index (κ1) is 13.3. The smallest absolute Gasteiger partial charge is 0.405 e. The van der Waals surface area contributed by atoms with E-state index in [0.717, 1.165) is 6.21 Å². The molecule has 0 unspecified atom stereocenters. The van der Waals surface area contributed by atoms with Crippen molar-refractivity contribution in [3.8, 4) is 5.75 Å². The Morgan fingerprint density at radius 3 is 2.35 bits per heavy atom. The zero-order valence-electron chi connectivity index (χ0n) is 9.43. The van der Waals surface area contributed by atoms with E-state index in [1.165, 1.54) is 12.1 Å². The number of ether oxygens (including phenoxy) is 1. The number of benzene rings is 1. The highest BCUT2D eigenvalue weighted by Crippen LogP contribution is 2.35. The van der Waals surface area contributed by atoms with Crippen molar-refractivity contribution in [1.29, 1.82) is 5.41 Å². The molecule has 0 amide bonds. The fourth-order valence-corrected chi connectivity index (χ4v) is 1.60. The number of nitrogen functional groups attached to an aromatic ring is 1. The van der Waals surface area contributed by atoms with Crippen LogP contribution < -0.4 is 10.5 Å². The quantitative estimate of drug-likeness (QED) is 0.635. The Morgan fingerprint density at radius 2 is 1.94 bits per heavy atom. The number of halogens is 3. The van der Waals surface area contributed by atoms with Crippen LogP contribution >= 0.6 is 0 Å². The van der Waals surface area contributed by atoms with Gasteiger partial charge in [0.2, 0.25) is 0 Å². The van der Waals surface area contributed by atoms with Gasteiger partial charge in [-0.05, 0) is 18.1 Å². The second kappa shape index (κ2) is 4.65. The number of hydrogen-bond donors (Lipinski definition) is 2. The minimum atomic E-state index is -4.75. The fraction of sp³-hybridized carbons (Fsp3) is 0.364. The van der Waals surface area contributed by atoms with Crippen LogP contribution in [0.5, 0.6) is 5.75 Å². The summed E-state index contributed by atoms with van der Waals surface area (Å²) in [5, 5.41) is 7.20. The van der Waals surface area contributed by atoms with Gasteiger partial charge in [0.25, 0.3) is 0 Å². The van der Waals surface area contributed by atoms with E-state index < -0.39 is 6.36 Å². The Hall–Kier alpha value is -1.72. The van der Waals surface area contributed by atoms with Gasteiger partial charge >= 0.3 is 6.36 Å². The van der Waals surface area contributed by atoms with E-state index in [4.69, 9.17) is 11.1 Å². The molecule has 6 heteroatoms. The van der Waals surface area contributed by atoms with Crippen LogP contribution in [-0.2, 0) is 0 Å². The van der Waals surface area contributed by atoms with Gasteiger partial charge in [-0.2, -0.15) is 0 Å². The summed E-state index contributed by atoms with van der Waals surface area (Å²) >= 11 is 0. The first-order valence-electron chi connectivity index (χ1n) is 4.95. The maximum absolute atomic E-state index is 12.2. The van der Waals surface area contributed by atoms with Crippen molar-refractivity contribution in [1.82, 2.24) is 0 Å². The lowest BCUT2D eigenvalue weighted by Crippen LogP contribution is -2.19. The molecule has 0 radical (unpaired) electrons. The molecule has 0 atom stereocenters. The molecule has 0 bridgehead atoms. The van der Waals surface area contributed by atoms with Crippen molar-refractivity contribution in [2.75, 3.05) is 5.73 Å². The van der Waals surface area contributed by atoms with Gasteiger partial charge in [-0.25, -0.2) is 0 Å². The molecule has 0 aliphatic heterocycles. The zero-order chi connectivity index (χ0) is 13.2. The molecule has 0 aliphatic carbocycles. The summed E-state index contributed by atoms with van der Waals surface area (Å²) in [6.07, 6.45) is -3.81. The fourth-order valence-electron chi connectivity index (χ4n) is 1.60. The van der Waals surface area contributed by atoms with Crippen LogP contribution in [0.3, 0.4) is 0 Å². The average molecular weight is 246 g/mol. The van der Waals surface area contributed by atoms with E-state index in [-0.39, 0.29) is 28.5 Å². The van der Waals surface area contributed by atoms with E-state index >= 15 is 0 Å². The third kappa shape index (κ3) is 3.12. The number of nitrogens with two attached hydrogens (primary N) is 1. The Balaban J connectivity index is 3.35. The summed E-state index contributed by atoms with van der Waals surface area (Å²) in [6, 6.07) is 2.47. The van der Waals surface area contributed by atoms with Gasteiger partial charge in [-0.3, -0.25) is 0 Å². The molecule has 0 heterocycles. The number of alkyl halides is 3. The highest BCUT2D eigenvalue weighted by atomic mass is 19.4. The molecular weight excluding hydrogens is 233 g/mol. The summed E-state index contributed by atoms with van der Waals surface area (Å²) in [6.45, 7) is 3.43. The van der Waals surface area contributed by atoms with E-state index in [0.29, 0.717) is 0 Å². The highest BCUT2D eigenvalue weighted by Gasteiger charge is 2.33. The van der Waals surface area contributed by atoms with Crippen LogP contribution in [-0.4, -0.2) is 12.6 Å². The molecule has 0 saturated heterocycles. The van der Waals surface area contributed by atoms with E-state index in [2.05, 4.69) is 4.74 Å². The third-order valence-corrected chi connectivity index (χ3v) is 2.23. The van der Waals surface area contributed by atoms with Gasteiger partial charge in [-0.15, -0.1) is 13.2 Å². The summed E-state index contributed by atoms with van der Waals surface area (Å²) in [7, 11) is 0. The second-order valence-corrected chi connectivity index (χ2v) is 3.83. The minimum Gasteiger partial charge on any atom is -0.405 e. The van der Waals surface area contributed by atoms with Gasteiger partial charge in [0.1, 0.15) is 5.75 Å². The summed E-state index contributed by atoms with van der Waals surface area (Å²) in [4.78, 5) is 0. The topological polar surface area (TPSA) is 59.1 Å². The van der Waals surface area contributed by atoms with Crippen LogP contribution in [0.25, 0.3) is 0 Å². The second-order valence-electron chi connectivity index (χ2n) is 3.83. The summed E-state index contributed by atoms with van der Waals surface area (Å²) < 4.78 is 40.6. The van der Waals surface area contributed by atoms with E-state index in [1.807, 2.05) is 0 Å². The van der Waals surface area contributed by atoms with Crippen molar-refractivity contribution >= 4 is 11.9 Å². The maximum atomic E-state index is 12.2. The largest absolute Gasteiger partial charge is 0.573 e. The van der Waals surface area contributed by atoms with E-state index in [9.17, 15) is 13.2 Å². The minimum absolute atomic E-state index is 0.229. The Labute approximate surface area is 96.9 Å².